The number of hydrogen-bond acceptors (Lipinski definition) is 4. The number of benzene rings is 2. The molecule has 0 saturated heterocycles. The van der Waals surface area contributed by atoms with E-state index in [1.807, 2.05) is 6.92 Å². The molecular weight excluding hydrogens is 447 g/mol. The quantitative estimate of drug-likeness (QED) is 0.510. The maximum Gasteiger partial charge on any atom is 0.331 e. The van der Waals surface area contributed by atoms with E-state index in [1.165, 1.54) is 38.3 Å². The molecule has 0 fully saturated rings. The van der Waals surface area contributed by atoms with Crippen LogP contribution in [0.2, 0.25) is 0 Å². The van der Waals surface area contributed by atoms with Crippen molar-refractivity contribution in [3.05, 3.63) is 85.9 Å². The molecule has 2 aromatic carbocycles. The minimum absolute atomic E-state index is 0.0562. The first-order valence-electron chi connectivity index (χ1n) is 11.0. The summed E-state index contributed by atoms with van der Waals surface area (Å²) in [5.74, 6) is -2.30. The van der Waals surface area contributed by atoms with Gasteiger partial charge < -0.3 is 10.5 Å². The van der Waals surface area contributed by atoms with Crippen molar-refractivity contribution in [1.82, 2.24) is 9.13 Å². The molecule has 0 radical (unpaired) electrons. The maximum atomic E-state index is 15.1. The van der Waals surface area contributed by atoms with E-state index in [9.17, 15) is 18.4 Å². The smallest absolute Gasteiger partial charge is 0.331 e. The first-order valence-corrected chi connectivity index (χ1v) is 11.0. The van der Waals surface area contributed by atoms with Crippen LogP contribution in [0.4, 0.5) is 13.2 Å². The Balaban J connectivity index is 2.25. The fourth-order valence-electron chi connectivity index (χ4n) is 3.91. The zero-order valence-corrected chi connectivity index (χ0v) is 19.4. The number of ether oxygens (including phenoxy) is 1. The van der Waals surface area contributed by atoms with Crippen molar-refractivity contribution in [2.75, 3.05) is 13.7 Å². The van der Waals surface area contributed by atoms with Gasteiger partial charge >= 0.3 is 5.69 Å². The summed E-state index contributed by atoms with van der Waals surface area (Å²) in [6.07, 6.45) is 1.14. The summed E-state index contributed by atoms with van der Waals surface area (Å²) in [5.41, 5.74) is 3.89. The number of rotatable bonds is 9. The monoisotopic (exact) mass is 475 g/mol. The zero-order chi connectivity index (χ0) is 25.0. The second-order valence-corrected chi connectivity index (χ2v) is 8.29. The summed E-state index contributed by atoms with van der Waals surface area (Å²) in [5, 5.41) is 0. The fourth-order valence-corrected chi connectivity index (χ4v) is 3.91. The molecule has 0 aliphatic rings. The summed E-state index contributed by atoms with van der Waals surface area (Å²) >= 11 is 0. The van der Waals surface area contributed by atoms with Crippen LogP contribution in [0.3, 0.4) is 0 Å². The molecule has 9 heteroatoms. The Morgan fingerprint density at radius 1 is 1.03 bits per heavy atom. The van der Waals surface area contributed by atoms with E-state index in [0.717, 1.165) is 21.3 Å². The average Bonchev–Trinajstić information content (AvgIpc) is 2.81. The van der Waals surface area contributed by atoms with Gasteiger partial charge in [-0.05, 0) is 50.4 Å². The van der Waals surface area contributed by atoms with Crippen LogP contribution >= 0.6 is 0 Å². The second kappa shape index (κ2) is 10.7. The van der Waals surface area contributed by atoms with Crippen molar-refractivity contribution in [3.63, 3.8) is 0 Å². The van der Waals surface area contributed by atoms with Gasteiger partial charge in [-0.25, -0.2) is 18.0 Å². The molecule has 6 nitrogen and oxygen atoms in total. The molecular formula is C25H28F3N3O3. The van der Waals surface area contributed by atoms with E-state index in [2.05, 4.69) is 0 Å². The standard InChI is InChI=1S/C25H28F3N3O3/c1-15(13-29)7-6-12-30-24(32)22(17-8-4-11-21(34-3)23(17)28)16(2)31(25(30)33)14-18-19(26)9-5-10-20(18)27/h4-5,8-11,15H,6-7,12-14,29H2,1-3H3. The Morgan fingerprint density at radius 2 is 1.68 bits per heavy atom. The number of halogens is 3. The van der Waals surface area contributed by atoms with Crippen LogP contribution in [-0.2, 0) is 13.1 Å². The van der Waals surface area contributed by atoms with Gasteiger partial charge in [0.05, 0.1) is 19.2 Å². The minimum Gasteiger partial charge on any atom is -0.494 e. The van der Waals surface area contributed by atoms with Crippen molar-refractivity contribution in [2.24, 2.45) is 11.7 Å². The molecule has 2 N–H and O–H groups in total. The van der Waals surface area contributed by atoms with Crippen molar-refractivity contribution in [1.29, 1.82) is 0 Å². The highest BCUT2D eigenvalue weighted by atomic mass is 19.1. The van der Waals surface area contributed by atoms with Gasteiger partial charge in [0.1, 0.15) is 11.6 Å². The zero-order valence-electron chi connectivity index (χ0n) is 19.4. The van der Waals surface area contributed by atoms with E-state index in [4.69, 9.17) is 10.5 Å². The lowest BCUT2D eigenvalue weighted by atomic mass is 10.0. The lowest BCUT2D eigenvalue weighted by Gasteiger charge is -2.19. The van der Waals surface area contributed by atoms with Crippen molar-refractivity contribution < 1.29 is 17.9 Å². The molecule has 1 atom stereocenters. The molecule has 0 bridgehead atoms. The number of aromatic nitrogens is 2. The van der Waals surface area contributed by atoms with Gasteiger partial charge in [0.2, 0.25) is 0 Å². The van der Waals surface area contributed by atoms with Crippen molar-refractivity contribution in [3.8, 4) is 16.9 Å². The van der Waals surface area contributed by atoms with Crippen LogP contribution in [0.15, 0.2) is 46.0 Å². The largest absolute Gasteiger partial charge is 0.494 e. The van der Waals surface area contributed by atoms with Crippen molar-refractivity contribution in [2.45, 2.75) is 39.8 Å². The Labute approximate surface area is 195 Å². The summed E-state index contributed by atoms with van der Waals surface area (Å²) in [6, 6.07) is 7.74. The van der Waals surface area contributed by atoms with Gasteiger partial charge in [0.15, 0.2) is 11.6 Å². The first kappa shape index (κ1) is 25.3. The molecule has 3 aromatic rings. The Bertz CT molecular complexity index is 1280. The van der Waals surface area contributed by atoms with Crippen LogP contribution in [-0.4, -0.2) is 22.8 Å². The van der Waals surface area contributed by atoms with E-state index >= 15 is 4.39 Å². The van der Waals surface area contributed by atoms with Crippen LogP contribution in [0, 0.1) is 30.3 Å². The second-order valence-electron chi connectivity index (χ2n) is 8.29. The van der Waals surface area contributed by atoms with Gasteiger partial charge in [0.25, 0.3) is 5.56 Å². The van der Waals surface area contributed by atoms with Crippen LogP contribution in [0.1, 0.15) is 31.0 Å². The number of hydrogen-bond donors (Lipinski definition) is 1. The van der Waals surface area contributed by atoms with Gasteiger partial charge in [-0.2, -0.15) is 0 Å². The maximum absolute atomic E-state index is 15.1. The molecule has 0 saturated carbocycles. The molecule has 0 spiro atoms. The molecule has 0 aliphatic carbocycles. The Kier molecular flexibility index (Phi) is 7.98. The Morgan fingerprint density at radius 3 is 2.29 bits per heavy atom. The summed E-state index contributed by atoms with van der Waals surface area (Å²) in [7, 11) is 1.30. The predicted octanol–water partition coefficient (Wildman–Crippen LogP) is 3.83. The average molecular weight is 476 g/mol. The minimum atomic E-state index is -0.824. The molecule has 1 unspecified atom stereocenters. The van der Waals surface area contributed by atoms with Crippen LogP contribution in [0.25, 0.3) is 11.1 Å². The molecule has 1 aromatic heterocycles. The lowest BCUT2D eigenvalue weighted by molar-refractivity contribution is 0.387. The van der Waals surface area contributed by atoms with Crippen LogP contribution in [0.5, 0.6) is 5.75 Å². The third-order valence-electron chi connectivity index (χ3n) is 6.00. The van der Waals surface area contributed by atoms with E-state index < -0.39 is 35.2 Å². The van der Waals surface area contributed by atoms with Gasteiger partial charge in [0, 0.05) is 23.4 Å². The SMILES string of the molecule is COc1cccc(-c2c(C)n(Cc3c(F)cccc3F)c(=O)n(CCCC(C)CN)c2=O)c1F. The lowest BCUT2D eigenvalue weighted by Crippen LogP contribution is -2.42. The molecule has 3 rings (SSSR count). The molecule has 0 aliphatic heterocycles. The van der Waals surface area contributed by atoms with Gasteiger partial charge in [-0.3, -0.25) is 13.9 Å². The number of methoxy groups -OCH3 is 1. The topological polar surface area (TPSA) is 79.2 Å². The summed E-state index contributed by atoms with van der Waals surface area (Å²) in [4.78, 5) is 26.7. The summed E-state index contributed by atoms with van der Waals surface area (Å²) in [6.45, 7) is 3.46. The highest BCUT2D eigenvalue weighted by Crippen LogP contribution is 2.29. The number of nitrogens with two attached hydrogens (primary N) is 1. The molecule has 0 amide bonds. The fraction of sp³-hybridized carbons (Fsp3) is 0.360. The third kappa shape index (κ3) is 4.94. The predicted molar refractivity (Wildman–Crippen MR) is 125 cm³/mol. The van der Waals surface area contributed by atoms with Crippen LogP contribution < -0.4 is 21.7 Å². The third-order valence-corrected chi connectivity index (χ3v) is 6.00. The highest BCUT2D eigenvalue weighted by molar-refractivity contribution is 5.67. The molecule has 182 valence electrons. The van der Waals surface area contributed by atoms with Crippen molar-refractivity contribution >= 4 is 0 Å². The first-order chi connectivity index (χ1) is 16.2. The highest BCUT2D eigenvalue weighted by Gasteiger charge is 2.23. The summed E-state index contributed by atoms with van der Waals surface area (Å²) < 4.78 is 51.0. The van der Waals surface area contributed by atoms with E-state index in [1.54, 1.807) is 0 Å². The molecule has 1 heterocycles. The normalized spacial score (nSPS) is 12.1. The van der Waals surface area contributed by atoms with Gasteiger partial charge in [-0.1, -0.05) is 25.1 Å². The van der Waals surface area contributed by atoms with E-state index in [0.29, 0.717) is 19.4 Å². The molecule has 34 heavy (non-hydrogen) atoms. The van der Waals surface area contributed by atoms with E-state index in [-0.39, 0.29) is 40.6 Å². The number of nitrogens with zero attached hydrogens (tertiary/aromatic N) is 2. The Hall–Kier alpha value is -3.33. The van der Waals surface area contributed by atoms with Gasteiger partial charge in [-0.15, -0.1) is 0 Å².